The van der Waals surface area contributed by atoms with Gasteiger partial charge in [-0.1, -0.05) is 19.3 Å². The van der Waals surface area contributed by atoms with Crippen LogP contribution in [0.1, 0.15) is 44.9 Å². The Morgan fingerprint density at radius 2 is 2.25 bits per heavy atom. The van der Waals surface area contributed by atoms with Crippen LogP contribution in [0.3, 0.4) is 0 Å². The zero-order valence-corrected chi connectivity index (χ0v) is 9.32. The normalized spacial score (nSPS) is 34.8. The molecule has 0 saturated heterocycles. The molecule has 2 unspecified atom stereocenters. The first kappa shape index (κ1) is 11.5. The summed E-state index contributed by atoms with van der Waals surface area (Å²) < 4.78 is 5.59. The summed E-state index contributed by atoms with van der Waals surface area (Å²) in [5.74, 6) is -2.29. The van der Waals surface area contributed by atoms with Crippen LogP contribution < -0.4 is 5.73 Å². The number of nitrogens with two attached hydrogens (primary N) is 1. The third-order valence-corrected chi connectivity index (χ3v) is 3.10. The maximum atomic E-state index is 10.7. The van der Waals surface area contributed by atoms with Crippen molar-refractivity contribution >= 4 is 11.7 Å². The van der Waals surface area contributed by atoms with Gasteiger partial charge in [-0.3, -0.25) is 10.5 Å². The van der Waals surface area contributed by atoms with Crippen LogP contribution in [0.25, 0.3) is 0 Å². The van der Waals surface area contributed by atoms with Crippen LogP contribution in [0.2, 0.25) is 0 Å². The first-order chi connectivity index (χ1) is 7.59. The molecule has 0 radical (unpaired) electrons. The number of hydrogen-bond donors (Lipinski definition) is 2. The number of nitrogens with zero attached hydrogens (tertiary/aromatic N) is 1. The fourth-order valence-corrected chi connectivity index (χ4v) is 2.39. The van der Waals surface area contributed by atoms with Crippen LogP contribution >= 0.6 is 0 Å². The minimum absolute atomic E-state index is 0.0513. The molecule has 1 heterocycles. The van der Waals surface area contributed by atoms with E-state index in [0.717, 1.165) is 31.4 Å². The Morgan fingerprint density at radius 3 is 3.00 bits per heavy atom. The van der Waals surface area contributed by atoms with E-state index in [-0.39, 0.29) is 12.5 Å². The van der Waals surface area contributed by atoms with Crippen LogP contribution in [0.5, 0.6) is 0 Å². The number of fused-ring (bicyclic) bond motifs is 1. The molecule has 1 aliphatic heterocycles. The molecule has 3 N–H and O–H groups in total. The Hall–Kier alpha value is -0.940. The predicted octanol–water partition coefficient (Wildman–Crippen LogP) is 1.27. The summed E-state index contributed by atoms with van der Waals surface area (Å²) in [6.07, 6.45) is 6.12. The number of rotatable bonds is 2. The molecule has 90 valence electrons. The second kappa shape index (κ2) is 4.51. The lowest BCUT2D eigenvalue weighted by Gasteiger charge is -2.21. The van der Waals surface area contributed by atoms with Gasteiger partial charge in [0.15, 0.2) is 0 Å². The van der Waals surface area contributed by atoms with Crippen molar-refractivity contribution in [3.05, 3.63) is 0 Å². The number of aliphatic carboxylic acids is 1. The average Bonchev–Trinajstić information content (AvgIpc) is 2.42. The van der Waals surface area contributed by atoms with Gasteiger partial charge in [-0.25, -0.2) is 4.99 Å². The van der Waals surface area contributed by atoms with Crippen LogP contribution in [-0.2, 0) is 9.53 Å². The average molecular weight is 226 g/mol. The third-order valence-electron chi connectivity index (χ3n) is 3.10. The molecule has 16 heavy (non-hydrogen) atoms. The molecule has 0 aromatic rings. The summed E-state index contributed by atoms with van der Waals surface area (Å²) in [7, 11) is 0. The quantitative estimate of drug-likeness (QED) is 0.742. The topological polar surface area (TPSA) is 84.9 Å². The lowest BCUT2D eigenvalue weighted by Crippen LogP contribution is -2.41. The van der Waals surface area contributed by atoms with Crippen molar-refractivity contribution in [2.24, 2.45) is 10.7 Å². The number of ether oxygens (including phenoxy) is 1. The summed E-state index contributed by atoms with van der Waals surface area (Å²) in [6, 6.07) is 0. The molecule has 0 bridgehead atoms. The number of carboxylic acids is 1. The van der Waals surface area contributed by atoms with E-state index >= 15 is 0 Å². The Morgan fingerprint density at radius 1 is 1.50 bits per heavy atom. The standard InChI is InChI=1S/C11H18N2O3/c12-11(7-10(14)15)13-8-5-3-1-2-4-6-9(8)16-11/h9H,1-7,12H2,(H,14,15). The Kier molecular flexibility index (Phi) is 3.25. The van der Waals surface area contributed by atoms with Crippen molar-refractivity contribution in [1.82, 2.24) is 0 Å². The van der Waals surface area contributed by atoms with Gasteiger partial charge >= 0.3 is 5.97 Å². The Balaban J connectivity index is 2.08. The molecule has 0 aromatic heterocycles. The zero-order valence-electron chi connectivity index (χ0n) is 9.32. The third kappa shape index (κ3) is 2.59. The van der Waals surface area contributed by atoms with E-state index < -0.39 is 11.8 Å². The van der Waals surface area contributed by atoms with Gasteiger partial charge in [0, 0.05) is 5.71 Å². The highest BCUT2D eigenvalue weighted by molar-refractivity contribution is 5.90. The predicted molar refractivity (Wildman–Crippen MR) is 59.2 cm³/mol. The van der Waals surface area contributed by atoms with Gasteiger partial charge in [0.25, 0.3) is 0 Å². The van der Waals surface area contributed by atoms with Crippen molar-refractivity contribution in [2.75, 3.05) is 0 Å². The SMILES string of the molecule is NC1(CC(=O)O)N=C2CCCCCCC2O1. The number of hydrogen-bond acceptors (Lipinski definition) is 4. The van der Waals surface area contributed by atoms with E-state index in [4.69, 9.17) is 15.6 Å². The second-order valence-electron chi connectivity index (χ2n) is 4.58. The smallest absolute Gasteiger partial charge is 0.309 e. The molecule has 2 aliphatic rings. The largest absolute Gasteiger partial charge is 0.481 e. The molecule has 2 atom stereocenters. The minimum Gasteiger partial charge on any atom is -0.481 e. The Bertz CT molecular complexity index is 316. The van der Waals surface area contributed by atoms with E-state index in [2.05, 4.69) is 4.99 Å². The van der Waals surface area contributed by atoms with Gasteiger partial charge < -0.3 is 9.84 Å². The van der Waals surface area contributed by atoms with Gasteiger partial charge in [-0.2, -0.15) is 0 Å². The van der Waals surface area contributed by atoms with E-state index in [9.17, 15) is 4.79 Å². The van der Waals surface area contributed by atoms with Crippen LogP contribution in [0, 0.1) is 0 Å². The number of aliphatic imine (C=N–C) groups is 1. The first-order valence-corrected chi connectivity index (χ1v) is 5.86. The fraction of sp³-hybridized carbons (Fsp3) is 0.818. The van der Waals surface area contributed by atoms with E-state index in [1.165, 1.54) is 12.8 Å². The maximum Gasteiger partial charge on any atom is 0.309 e. The highest BCUT2D eigenvalue weighted by Gasteiger charge is 2.40. The van der Waals surface area contributed by atoms with Crippen LogP contribution in [0.4, 0.5) is 0 Å². The molecule has 0 spiro atoms. The van der Waals surface area contributed by atoms with Crippen molar-refractivity contribution in [3.8, 4) is 0 Å². The van der Waals surface area contributed by atoms with E-state index in [1.54, 1.807) is 0 Å². The molecule has 2 rings (SSSR count). The summed E-state index contributed by atoms with van der Waals surface area (Å²) in [6.45, 7) is 0. The lowest BCUT2D eigenvalue weighted by atomic mass is 9.97. The molecular formula is C11H18N2O3. The summed E-state index contributed by atoms with van der Waals surface area (Å²) in [4.78, 5) is 14.9. The zero-order chi connectivity index (χ0) is 11.6. The molecule has 1 aliphatic carbocycles. The van der Waals surface area contributed by atoms with Crippen molar-refractivity contribution < 1.29 is 14.6 Å². The van der Waals surface area contributed by atoms with E-state index in [0.29, 0.717) is 0 Å². The van der Waals surface area contributed by atoms with Crippen LogP contribution in [0.15, 0.2) is 4.99 Å². The molecule has 0 amide bonds. The van der Waals surface area contributed by atoms with Crippen molar-refractivity contribution in [1.29, 1.82) is 0 Å². The highest BCUT2D eigenvalue weighted by atomic mass is 16.5. The number of carboxylic acid groups (broad SMARTS) is 1. The first-order valence-electron chi connectivity index (χ1n) is 5.86. The maximum absolute atomic E-state index is 10.7. The molecule has 1 fully saturated rings. The molecular weight excluding hydrogens is 208 g/mol. The minimum atomic E-state index is -1.32. The molecule has 1 saturated carbocycles. The summed E-state index contributed by atoms with van der Waals surface area (Å²) in [5.41, 5.74) is 6.79. The lowest BCUT2D eigenvalue weighted by molar-refractivity contribution is -0.145. The van der Waals surface area contributed by atoms with Crippen molar-refractivity contribution in [3.63, 3.8) is 0 Å². The van der Waals surface area contributed by atoms with Gasteiger partial charge in [0.1, 0.15) is 6.42 Å². The second-order valence-corrected chi connectivity index (χ2v) is 4.58. The van der Waals surface area contributed by atoms with Gasteiger partial charge in [-0.05, 0) is 19.3 Å². The monoisotopic (exact) mass is 226 g/mol. The van der Waals surface area contributed by atoms with Crippen LogP contribution in [-0.4, -0.2) is 28.7 Å². The van der Waals surface area contributed by atoms with Crippen molar-refractivity contribution in [2.45, 2.75) is 56.9 Å². The van der Waals surface area contributed by atoms with Gasteiger partial charge in [0.05, 0.1) is 6.10 Å². The highest BCUT2D eigenvalue weighted by Crippen LogP contribution is 2.29. The molecule has 0 aromatic carbocycles. The fourth-order valence-electron chi connectivity index (χ4n) is 2.39. The number of carbonyl (C=O) groups is 1. The summed E-state index contributed by atoms with van der Waals surface area (Å²) in [5, 5.41) is 8.75. The van der Waals surface area contributed by atoms with Gasteiger partial charge in [-0.15, -0.1) is 0 Å². The van der Waals surface area contributed by atoms with E-state index in [1.807, 2.05) is 0 Å². The summed E-state index contributed by atoms with van der Waals surface area (Å²) >= 11 is 0. The Labute approximate surface area is 94.7 Å². The molecule has 5 heteroatoms. The van der Waals surface area contributed by atoms with Gasteiger partial charge in [0.2, 0.25) is 5.85 Å². The molecule has 5 nitrogen and oxygen atoms in total.